The summed E-state index contributed by atoms with van der Waals surface area (Å²) in [7, 11) is 0. The highest BCUT2D eigenvalue weighted by molar-refractivity contribution is 5.71. The number of ether oxygens (including phenoxy) is 3. The highest BCUT2D eigenvalue weighted by Crippen LogP contribution is 2.13. The van der Waals surface area contributed by atoms with Crippen molar-refractivity contribution < 1.29 is 28.6 Å². The smallest absolute Gasteiger partial charge is 0.306 e. The lowest BCUT2D eigenvalue weighted by Crippen LogP contribution is -2.30. The number of allylic oxidation sites excluding steroid dienone is 20. The lowest BCUT2D eigenvalue weighted by Gasteiger charge is -2.18. The Hall–Kier alpha value is -4.19. The second-order valence-electron chi connectivity index (χ2n) is 17.1. The Morgan fingerprint density at radius 2 is 0.682 bits per heavy atom. The molecule has 0 rings (SSSR count). The molecule has 0 saturated carbocycles. The summed E-state index contributed by atoms with van der Waals surface area (Å²) in [6, 6.07) is 0. The fourth-order valence-corrected chi connectivity index (χ4v) is 6.83. The fourth-order valence-electron chi connectivity index (χ4n) is 6.83. The minimum atomic E-state index is -0.819. The van der Waals surface area contributed by atoms with E-state index in [0.717, 1.165) is 116 Å². The highest BCUT2D eigenvalue weighted by atomic mass is 16.6. The molecule has 0 amide bonds. The van der Waals surface area contributed by atoms with E-state index >= 15 is 0 Å². The summed E-state index contributed by atoms with van der Waals surface area (Å²) in [6.07, 6.45) is 73.3. The van der Waals surface area contributed by atoms with Crippen LogP contribution in [0.25, 0.3) is 0 Å². The molecule has 0 N–H and O–H groups in total. The van der Waals surface area contributed by atoms with E-state index in [-0.39, 0.29) is 37.5 Å². The number of carbonyl (C=O) groups is 3. The largest absolute Gasteiger partial charge is 0.462 e. The van der Waals surface area contributed by atoms with E-state index in [2.05, 4.69) is 118 Å². The molecule has 0 aromatic rings. The third-order valence-electron chi connectivity index (χ3n) is 10.8. The minimum absolute atomic E-state index is 0.115. The van der Waals surface area contributed by atoms with Crippen molar-refractivity contribution in [1.82, 2.24) is 0 Å². The van der Waals surface area contributed by atoms with Crippen LogP contribution in [0.1, 0.15) is 220 Å². The molecule has 0 aliphatic rings. The Bertz CT molecular complexity index is 1420. The Labute approximate surface area is 405 Å². The van der Waals surface area contributed by atoms with Gasteiger partial charge in [-0.05, 0) is 103 Å². The van der Waals surface area contributed by atoms with Gasteiger partial charge < -0.3 is 14.2 Å². The van der Waals surface area contributed by atoms with E-state index in [0.29, 0.717) is 19.3 Å². The van der Waals surface area contributed by atoms with E-state index in [1.165, 1.54) is 57.8 Å². The van der Waals surface area contributed by atoms with Gasteiger partial charge in [0.05, 0.1) is 0 Å². The minimum Gasteiger partial charge on any atom is -0.462 e. The molecule has 0 saturated heterocycles. The number of hydrogen-bond donors (Lipinski definition) is 0. The van der Waals surface area contributed by atoms with Crippen LogP contribution in [0, 0.1) is 0 Å². The first kappa shape index (κ1) is 61.8. The van der Waals surface area contributed by atoms with Gasteiger partial charge in [-0.25, -0.2) is 0 Å². The Balaban J connectivity index is 4.55. The van der Waals surface area contributed by atoms with Crippen molar-refractivity contribution in [3.63, 3.8) is 0 Å². The molecule has 6 heteroatoms. The van der Waals surface area contributed by atoms with Crippen LogP contribution in [0.3, 0.4) is 0 Å². The summed E-state index contributed by atoms with van der Waals surface area (Å²) in [4.78, 5) is 38.0. The first-order chi connectivity index (χ1) is 32.5. The number of unbranched alkanes of at least 4 members (excludes halogenated alkanes) is 18. The fraction of sp³-hybridized carbons (Fsp3) is 0.617. The number of carbonyl (C=O) groups excluding carboxylic acids is 3. The molecule has 0 fully saturated rings. The first-order valence-electron chi connectivity index (χ1n) is 26.6. The van der Waals surface area contributed by atoms with Gasteiger partial charge in [-0.2, -0.15) is 0 Å². The van der Waals surface area contributed by atoms with Crippen LogP contribution in [-0.4, -0.2) is 37.2 Å². The molecule has 372 valence electrons. The molecule has 0 bridgehead atoms. The second-order valence-corrected chi connectivity index (χ2v) is 17.1. The summed E-state index contributed by atoms with van der Waals surface area (Å²) in [5, 5.41) is 0. The molecular formula is C60H96O6. The Morgan fingerprint density at radius 1 is 0.333 bits per heavy atom. The van der Waals surface area contributed by atoms with Crippen LogP contribution in [0.5, 0.6) is 0 Å². The van der Waals surface area contributed by atoms with E-state index < -0.39 is 6.10 Å². The zero-order valence-electron chi connectivity index (χ0n) is 42.4. The molecule has 0 aromatic heterocycles. The third-order valence-corrected chi connectivity index (χ3v) is 10.8. The quantitative estimate of drug-likeness (QED) is 0.0199. The molecule has 66 heavy (non-hydrogen) atoms. The van der Waals surface area contributed by atoms with Crippen molar-refractivity contribution in [2.45, 2.75) is 226 Å². The van der Waals surface area contributed by atoms with Gasteiger partial charge in [0.2, 0.25) is 0 Å². The average Bonchev–Trinajstić information content (AvgIpc) is 3.31. The molecule has 0 aliphatic heterocycles. The molecule has 0 aromatic carbocycles. The van der Waals surface area contributed by atoms with E-state index in [1.54, 1.807) is 0 Å². The van der Waals surface area contributed by atoms with Crippen LogP contribution in [0.2, 0.25) is 0 Å². The van der Waals surface area contributed by atoms with Crippen molar-refractivity contribution in [2.24, 2.45) is 0 Å². The molecule has 1 atom stereocenters. The van der Waals surface area contributed by atoms with Gasteiger partial charge in [-0.1, -0.05) is 219 Å². The van der Waals surface area contributed by atoms with Crippen LogP contribution >= 0.6 is 0 Å². The maximum absolute atomic E-state index is 12.8. The number of hydrogen-bond acceptors (Lipinski definition) is 6. The maximum Gasteiger partial charge on any atom is 0.306 e. The SMILES string of the molecule is CC\C=C/C=C\C=C/C=C\CCCCCCCC(=O)OCC(COC(=O)CCC/C=C\C/C=C\C/C=C\CCCCCCCC)OC(=O)CCCCCCCC/C=C\C/C=C\C/C=C\CC. The summed E-state index contributed by atoms with van der Waals surface area (Å²) in [5.74, 6) is -1.01. The molecule has 6 nitrogen and oxygen atoms in total. The number of esters is 3. The standard InChI is InChI=1S/C60H96O6/c1-4-7-10-13-16-19-22-25-28-30-33-35-38-41-44-47-50-53-59(62)65-56-57(55-64-58(61)52-49-46-43-40-37-34-31-27-24-21-18-15-12-9-6-3)66-60(63)54-51-48-45-42-39-36-32-29-26-23-20-17-14-11-8-5-2/h8-9,11-12,15,17-18,20-21,24-29,31,33,35,41,44,57H,4-7,10,13-14,16,19,22-23,30,32,34,36-40,42-43,45-56H2,1-3H3/b11-8-,12-9-,18-15-,20-17-,24-21-,28-25-,29-26-,31-27-,35-33-,44-41-. The van der Waals surface area contributed by atoms with Gasteiger partial charge in [0, 0.05) is 19.3 Å². The molecule has 1 unspecified atom stereocenters. The van der Waals surface area contributed by atoms with Gasteiger partial charge in [-0.3, -0.25) is 14.4 Å². The predicted molar refractivity (Wildman–Crippen MR) is 283 cm³/mol. The average molecular weight is 913 g/mol. The summed E-state index contributed by atoms with van der Waals surface area (Å²) in [5.41, 5.74) is 0. The van der Waals surface area contributed by atoms with Gasteiger partial charge in [0.15, 0.2) is 6.10 Å². The summed E-state index contributed by atoms with van der Waals surface area (Å²) in [6.45, 7) is 6.29. The third kappa shape index (κ3) is 50.8. The zero-order valence-corrected chi connectivity index (χ0v) is 42.4. The topological polar surface area (TPSA) is 78.9 Å². The molecule has 0 aliphatic carbocycles. The van der Waals surface area contributed by atoms with Crippen LogP contribution in [-0.2, 0) is 28.6 Å². The lowest BCUT2D eigenvalue weighted by atomic mass is 10.1. The van der Waals surface area contributed by atoms with Crippen LogP contribution in [0.4, 0.5) is 0 Å². The maximum atomic E-state index is 12.8. The predicted octanol–water partition coefficient (Wildman–Crippen LogP) is 17.7. The molecule has 0 heterocycles. The van der Waals surface area contributed by atoms with Crippen molar-refractivity contribution >= 4 is 17.9 Å². The van der Waals surface area contributed by atoms with Crippen molar-refractivity contribution in [2.75, 3.05) is 13.2 Å². The first-order valence-corrected chi connectivity index (χ1v) is 26.6. The lowest BCUT2D eigenvalue weighted by molar-refractivity contribution is -0.167. The van der Waals surface area contributed by atoms with Gasteiger partial charge >= 0.3 is 17.9 Å². The van der Waals surface area contributed by atoms with Gasteiger partial charge in [-0.15, -0.1) is 0 Å². The van der Waals surface area contributed by atoms with Crippen LogP contribution < -0.4 is 0 Å². The van der Waals surface area contributed by atoms with Gasteiger partial charge in [0.25, 0.3) is 0 Å². The summed E-state index contributed by atoms with van der Waals surface area (Å²) >= 11 is 0. The monoisotopic (exact) mass is 913 g/mol. The Kier molecular flexibility index (Phi) is 50.0. The molecule has 0 radical (unpaired) electrons. The second kappa shape index (κ2) is 53.4. The van der Waals surface area contributed by atoms with Crippen molar-refractivity contribution in [3.05, 3.63) is 122 Å². The van der Waals surface area contributed by atoms with Crippen molar-refractivity contribution in [1.29, 1.82) is 0 Å². The van der Waals surface area contributed by atoms with E-state index in [9.17, 15) is 14.4 Å². The Morgan fingerprint density at radius 3 is 1.17 bits per heavy atom. The summed E-state index contributed by atoms with van der Waals surface area (Å²) < 4.78 is 16.7. The molecule has 0 spiro atoms. The molecular weight excluding hydrogens is 817 g/mol. The van der Waals surface area contributed by atoms with Gasteiger partial charge in [0.1, 0.15) is 13.2 Å². The zero-order chi connectivity index (χ0) is 47.9. The van der Waals surface area contributed by atoms with E-state index in [4.69, 9.17) is 14.2 Å². The normalized spacial score (nSPS) is 13.1. The highest BCUT2D eigenvalue weighted by Gasteiger charge is 2.19. The van der Waals surface area contributed by atoms with Crippen molar-refractivity contribution in [3.8, 4) is 0 Å². The number of rotatable bonds is 46. The van der Waals surface area contributed by atoms with E-state index in [1.807, 2.05) is 24.3 Å². The van der Waals surface area contributed by atoms with Crippen LogP contribution in [0.15, 0.2) is 122 Å².